The van der Waals surface area contributed by atoms with Gasteiger partial charge in [-0.25, -0.2) is 8.78 Å². The van der Waals surface area contributed by atoms with E-state index in [0.717, 1.165) is 12.1 Å². The van der Waals surface area contributed by atoms with Crippen LogP contribution < -0.4 is 5.32 Å². The van der Waals surface area contributed by atoms with Crippen LogP contribution in [0.4, 0.5) is 14.5 Å². The number of carbonyl (C=O) groups is 1. The lowest BCUT2D eigenvalue weighted by Crippen LogP contribution is -2.16. The fraction of sp³-hybridized carbons (Fsp3) is 0.500. The van der Waals surface area contributed by atoms with Gasteiger partial charge in [0.05, 0.1) is 5.56 Å². The highest BCUT2D eigenvalue weighted by molar-refractivity contribution is 6.05. The summed E-state index contributed by atoms with van der Waals surface area (Å²) in [5.41, 5.74) is 2.74. The van der Waals surface area contributed by atoms with Crippen LogP contribution in [0.5, 0.6) is 0 Å². The van der Waals surface area contributed by atoms with Crippen LogP contribution in [0.3, 0.4) is 0 Å². The molecule has 0 saturated heterocycles. The van der Waals surface area contributed by atoms with Gasteiger partial charge >= 0.3 is 0 Å². The number of fused-ring (bicyclic) bond motifs is 5. The lowest BCUT2D eigenvalue weighted by atomic mass is 9.85. The van der Waals surface area contributed by atoms with E-state index in [0.29, 0.717) is 23.7 Å². The number of aryl methyl sites for hydroxylation is 1. The summed E-state index contributed by atoms with van der Waals surface area (Å²) in [6.45, 7) is 4.51. The number of hydrogen-bond donors (Lipinski definition) is 1. The molecule has 2 aliphatic carbocycles. The molecule has 6 heteroatoms. The second kappa shape index (κ2) is 6.18. The zero-order valence-corrected chi connectivity index (χ0v) is 15.2. The minimum absolute atomic E-state index is 0.0660. The van der Waals surface area contributed by atoms with Crippen LogP contribution in [0, 0.1) is 11.8 Å². The molecule has 1 fully saturated rings. The molecule has 26 heavy (non-hydrogen) atoms. The highest BCUT2D eigenvalue weighted by Gasteiger charge is 2.48. The van der Waals surface area contributed by atoms with Crippen LogP contribution in [0.25, 0.3) is 0 Å². The van der Waals surface area contributed by atoms with Crippen molar-refractivity contribution in [2.45, 2.75) is 45.0 Å². The summed E-state index contributed by atoms with van der Waals surface area (Å²) in [7, 11) is 1.54. The maximum absolute atomic E-state index is 13.2. The van der Waals surface area contributed by atoms with Crippen molar-refractivity contribution in [3.8, 4) is 0 Å². The van der Waals surface area contributed by atoms with Crippen LogP contribution in [0.1, 0.15) is 72.1 Å². The van der Waals surface area contributed by atoms with E-state index in [1.165, 1.54) is 35.5 Å². The first-order valence-corrected chi connectivity index (χ1v) is 9.14. The number of amides is 1. The Morgan fingerprint density at radius 3 is 2.69 bits per heavy atom. The molecule has 1 aromatic carbocycles. The summed E-state index contributed by atoms with van der Waals surface area (Å²) in [4.78, 5) is 12.7. The lowest BCUT2D eigenvalue weighted by molar-refractivity contribution is 0.101. The Bertz CT molecular complexity index is 859. The SMILES string of the molecule is CC(C)[C@H]1[C@@H]2CC[C@H]1c1c(NC(=O)c3cn(C)nc3C(F)F)cccc12. The molecule has 1 saturated carbocycles. The van der Waals surface area contributed by atoms with Gasteiger partial charge < -0.3 is 5.32 Å². The Kier molecular flexibility index (Phi) is 4.09. The molecule has 4 rings (SSSR count). The van der Waals surface area contributed by atoms with E-state index in [2.05, 4.69) is 30.3 Å². The molecule has 0 aliphatic heterocycles. The molecule has 138 valence electrons. The van der Waals surface area contributed by atoms with E-state index < -0.39 is 18.0 Å². The summed E-state index contributed by atoms with van der Waals surface area (Å²) in [5, 5.41) is 6.61. The van der Waals surface area contributed by atoms with Crippen LogP contribution >= 0.6 is 0 Å². The average molecular weight is 359 g/mol. The molecule has 0 unspecified atom stereocenters. The molecule has 1 N–H and O–H groups in total. The molecule has 1 amide bonds. The topological polar surface area (TPSA) is 46.9 Å². The third-order valence-electron chi connectivity index (χ3n) is 5.95. The smallest absolute Gasteiger partial charge is 0.282 e. The van der Waals surface area contributed by atoms with Gasteiger partial charge in [0.1, 0.15) is 5.69 Å². The second-order valence-electron chi connectivity index (χ2n) is 7.78. The van der Waals surface area contributed by atoms with Crippen LogP contribution in [-0.2, 0) is 7.05 Å². The van der Waals surface area contributed by atoms with Crippen molar-refractivity contribution in [1.82, 2.24) is 9.78 Å². The standard InChI is InChI=1S/C20H23F2N3O/c1-10(2)16-12-7-8-13(16)17-11(12)5-4-6-15(17)23-20(26)14-9-25(3)24-18(14)19(21)22/h4-6,9-10,12-13,16,19H,7-8H2,1-3H3,(H,23,26)/t12-,13-,16+/m1/s1. The first-order chi connectivity index (χ1) is 12.4. The predicted molar refractivity (Wildman–Crippen MR) is 95.6 cm³/mol. The second-order valence-corrected chi connectivity index (χ2v) is 7.78. The predicted octanol–water partition coefficient (Wildman–Crippen LogP) is 4.86. The fourth-order valence-electron chi connectivity index (χ4n) is 5.11. The van der Waals surface area contributed by atoms with E-state index in [1.807, 2.05) is 12.1 Å². The zero-order chi connectivity index (χ0) is 18.6. The summed E-state index contributed by atoms with van der Waals surface area (Å²) in [6, 6.07) is 5.98. The number of rotatable bonds is 4. The van der Waals surface area contributed by atoms with E-state index in [4.69, 9.17) is 0 Å². The van der Waals surface area contributed by atoms with E-state index in [9.17, 15) is 13.6 Å². The number of anilines is 1. The summed E-state index contributed by atoms with van der Waals surface area (Å²) < 4.78 is 27.6. The fourth-order valence-corrected chi connectivity index (χ4v) is 5.11. The highest BCUT2D eigenvalue weighted by atomic mass is 19.3. The average Bonchev–Trinajstić information content (AvgIpc) is 3.26. The number of benzene rings is 1. The molecule has 2 bridgehead atoms. The number of aromatic nitrogens is 2. The maximum atomic E-state index is 13.2. The number of hydrogen-bond acceptors (Lipinski definition) is 2. The largest absolute Gasteiger partial charge is 0.322 e. The molecule has 1 aromatic heterocycles. The minimum Gasteiger partial charge on any atom is -0.322 e. The number of carbonyl (C=O) groups excluding carboxylic acids is 1. The Morgan fingerprint density at radius 2 is 2.00 bits per heavy atom. The third-order valence-corrected chi connectivity index (χ3v) is 5.95. The normalized spacial score (nSPS) is 23.7. The van der Waals surface area contributed by atoms with Crippen molar-refractivity contribution in [2.75, 3.05) is 5.32 Å². The van der Waals surface area contributed by atoms with Crippen molar-refractivity contribution >= 4 is 11.6 Å². The van der Waals surface area contributed by atoms with E-state index in [-0.39, 0.29) is 5.56 Å². The number of nitrogens with one attached hydrogen (secondary N) is 1. The quantitative estimate of drug-likeness (QED) is 0.848. The van der Waals surface area contributed by atoms with E-state index in [1.54, 1.807) is 0 Å². The van der Waals surface area contributed by atoms with Gasteiger partial charge in [0, 0.05) is 18.9 Å². The monoisotopic (exact) mass is 359 g/mol. The molecule has 0 radical (unpaired) electrons. The number of nitrogens with zero attached hydrogens (tertiary/aromatic N) is 2. The summed E-state index contributed by atoms with van der Waals surface area (Å²) in [6.07, 6.45) is 0.890. The molecule has 2 aliphatic rings. The molecule has 0 spiro atoms. The highest BCUT2D eigenvalue weighted by Crippen LogP contribution is 2.61. The summed E-state index contributed by atoms with van der Waals surface area (Å²) in [5.74, 6) is 1.63. The van der Waals surface area contributed by atoms with Crippen molar-refractivity contribution in [3.05, 3.63) is 46.8 Å². The Hall–Kier alpha value is -2.24. The van der Waals surface area contributed by atoms with Gasteiger partial charge in [0.15, 0.2) is 0 Å². The number of alkyl halides is 2. The van der Waals surface area contributed by atoms with Crippen LogP contribution in [-0.4, -0.2) is 15.7 Å². The van der Waals surface area contributed by atoms with Crippen LogP contribution in [0.15, 0.2) is 24.4 Å². The van der Waals surface area contributed by atoms with Gasteiger partial charge in [0.25, 0.3) is 12.3 Å². The van der Waals surface area contributed by atoms with E-state index >= 15 is 0 Å². The molecule has 4 nitrogen and oxygen atoms in total. The van der Waals surface area contributed by atoms with Gasteiger partial charge in [-0.05, 0) is 53.7 Å². The summed E-state index contributed by atoms with van der Waals surface area (Å²) >= 11 is 0. The number of halogens is 2. The van der Waals surface area contributed by atoms with Gasteiger partial charge in [-0.1, -0.05) is 26.0 Å². The van der Waals surface area contributed by atoms with Crippen molar-refractivity contribution in [3.63, 3.8) is 0 Å². The molecule has 2 aromatic rings. The molecule has 3 atom stereocenters. The molecular weight excluding hydrogens is 336 g/mol. The van der Waals surface area contributed by atoms with Crippen LogP contribution in [0.2, 0.25) is 0 Å². The minimum atomic E-state index is -2.78. The van der Waals surface area contributed by atoms with Crippen molar-refractivity contribution in [1.29, 1.82) is 0 Å². The van der Waals surface area contributed by atoms with Gasteiger partial charge in [-0.15, -0.1) is 0 Å². The first kappa shape index (κ1) is 17.2. The maximum Gasteiger partial charge on any atom is 0.282 e. The molecule has 1 heterocycles. The van der Waals surface area contributed by atoms with Crippen molar-refractivity contribution in [2.24, 2.45) is 18.9 Å². The van der Waals surface area contributed by atoms with Gasteiger partial charge in [-0.2, -0.15) is 5.10 Å². The zero-order valence-electron chi connectivity index (χ0n) is 15.2. The first-order valence-electron chi connectivity index (χ1n) is 9.14. The third kappa shape index (κ3) is 2.54. The van der Waals surface area contributed by atoms with Crippen molar-refractivity contribution < 1.29 is 13.6 Å². The Morgan fingerprint density at radius 1 is 1.27 bits per heavy atom. The van der Waals surface area contributed by atoms with Gasteiger partial charge in [0.2, 0.25) is 0 Å². The lowest BCUT2D eigenvalue weighted by Gasteiger charge is -2.21. The Balaban J connectivity index is 1.67. The Labute approximate surface area is 151 Å². The molecular formula is C20H23F2N3O. The van der Waals surface area contributed by atoms with Gasteiger partial charge in [-0.3, -0.25) is 9.48 Å².